The highest BCUT2D eigenvalue weighted by Crippen LogP contribution is 2.37. The lowest BCUT2D eigenvalue weighted by Crippen LogP contribution is -2.27. The second-order valence-electron chi connectivity index (χ2n) is 7.57. The molecule has 0 radical (unpaired) electrons. The summed E-state index contributed by atoms with van der Waals surface area (Å²) in [6.07, 6.45) is -4.04. The third-order valence-corrected chi connectivity index (χ3v) is 6.59. The maximum absolute atomic E-state index is 13.5. The summed E-state index contributed by atoms with van der Waals surface area (Å²) < 4.78 is 42.9. The van der Waals surface area contributed by atoms with Gasteiger partial charge < -0.3 is 9.72 Å². The fourth-order valence-corrected chi connectivity index (χ4v) is 5.28. The van der Waals surface area contributed by atoms with Gasteiger partial charge in [-0.3, -0.25) is 9.36 Å². The van der Waals surface area contributed by atoms with Crippen molar-refractivity contribution in [3.05, 3.63) is 69.8 Å². The topological polar surface area (TPSA) is 59.9 Å². The van der Waals surface area contributed by atoms with Crippen LogP contribution < -0.4 is 10.3 Å². The van der Waals surface area contributed by atoms with Gasteiger partial charge in [0.2, 0.25) is 0 Å². The van der Waals surface area contributed by atoms with E-state index in [0.29, 0.717) is 40.1 Å². The third kappa shape index (κ3) is 2.92. The number of hydrogen-bond acceptors (Lipinski definition) is 4. The number of H-pyrrole nitrogens is 1. The van der Waals surface area contributed by atoms with Crippen molar-refractivity contribution in [2.75, 3.05) is 0 Å². The summed E-state index contributed by atoms with van der Waals surface area (Å²) in [5.74, 6) is 0.307. The minimum Gasteiger partial charge on any atom is -0.406 e. The zero-order valence-corrected chi connectivity index (χ0v) is 17.2. The lowest BCUT2D eigenvalue weighted by Gasteiger charge is -2.18. The number of aromatic nitrogens is 3. The highest BCUT2D eigenvalue weighted by molar-refractivity contribution is 7.17. The smallest absolute Gasteiger partial charge is 0.406 e. The molecule has 0 unspecified atom stereocenters. The molecule has 2 aromatic carbocycles. The van der Waals surface area contributed by atoms with Gasteiger partial charge in [0.1, 0.15) is 10.6 Å². The van der Waals surface area contributed by atoms with Crippen molar-refractivity contribution in [3.63, 3.8) is 0 Å². The molecule has 32 heavy (non-hydrogen) atoms. The second-order valence-corrected chi connectivity index (χ2v) is 8.43. The monoisotopic (exact) mass is 453 g/mol. The zero-order chi connectivity index (χ0) is 22.0. The van der Waals surface area contributed by atoms with E-state index in [-0.39, 0.29) is 11.3 Å². The van der Waals surface area contributed by atoms with Crippen molar-refractivity contribution < 1.29 is 17.9 Å². The predicted molar refractivity (Wildman–Crippen MR) is 117 cm³/mol. The Balaban J connectivity index is 1.48. The molecule has 1 aliphatic heterocycles. The second kappa shape index (κ2) is 6.70. The zero-order valence-electron chi connectivity index (χ0n) is 16.4. The van der Waals surface area contributed by atoms with Crippen molar-refractivity contribution in [2.24, 2.45) is 0 Å². The van der Waals surface area contributed by atoms with Crippen LogP contribution in [0.2, 0.25) is 0 Å². The molecule has 160 valence electrons. The van der Waals surface area contributed by atoms with Gasteiger partial charge in [-0.25, -0.2) is 4.98 Å². The molecule has 0 aliphatic carbocycles. The molecule has 5 nitrogen and oxygen atoms in total. The summed E-state index contributed by atoms with van der Waals surface area (Å²) in [7, 11) is 0. The van der Waals surface area contributed by atoms with E-state index >= 15 is 0 Å². The SMILES string of the molecule is O=c1c2c(-c3ccc(OC(F)(F)F)cc3)csc2nc2n1CCc1c-2[nH]c2ccccc12. The van der Waals surface area contributed by atoms with Gasteiger partial charge in [-0.1, -0.05) is 30.3 Å². The third-order valence-electron chi connectivity index (χ3n) is 5.72. The maximum atomic E-state index is 13.5. The minimum atomic E-state index is -4.75. The van der Waals surface area contributed by atoms with Gasteiger partial charge in [-0.05, 0) is 35.7 Å². The van der Waals surface area contributed by atoms with Gasteiger partial charge in [-0.2, -0.15) is 0 Å². The van der Waals surface area contributed by atoms with Crippen LogP contribution in [0.1, 0.15) is 5.56 Å². The van der Waals surface area contributed by atoms with Crippen LogP contribution in [-0.4, -0.2) is 20.9 Å². The normalized spacial score (nSPS) is 13.3. The van der Waals surface area contributed by atoms with Gasteiger partial charge in [0.05, 0.1) is 11.1 Å². The number of thiophene rings is 1. The van der Waals surface area contributed by atoms with Gasteiger partial charge in [0.15, 0.2) is 5.82 Å². The first-order chi connectivity index (χ1) is 15.4. The highest BCUT2D eigenvalue weighted by Gasteiger charge is 2.31. The van der Waals surface area contributed by atoms with E-state index in [9.17, 15) is 18.0 Å². The molecule has 0 amide bonds. The number of nitrogens with one attached hydrogen (secondary N) is 1. The van der Waals surface area contributed by atoms with Crippen LogP contribution in [0, 0.1) is 0 Å². The van der Waals surface area contributed by atoms with Crippen molar-refractivity contribution in [1.29, 1.82) is 0 Å². The number of aryl methyl sites for hydroxylation is 1. The number of nitrogens with zero attached hydrogens (tertiary/aromatic N) is 2. The molecule has 1 aliphatic rings. The molecule has 1 N–H and O–H groups in total. The first-order valence-corrected chi connectivity index (χ1v) is 10.8. The fourth-order valence-electron chi connectivity index (χ4n) is 4.35. The van der Waals surface area contributed by atoms with Crippen molar-refractivity contribution in [1.82, 2.24) is 14.5 Å². The standard InChI is InChI=1S/C23H14F3N3O2S/c24-23(25,26)31-13-7-5-12(6-8-13)16-11-32-21-18(16)22(30)29-10-9-15-14-3-1-2-4-17(14)27-19(15)20(29)28-21/h1-8,11,27H,9-10H2. The summed E-state index contributed by atoms with van der Waals surface area (Å²) in [6, 6.07) is 13.5. The lowest BCUT2D eigenvalue weighted by atomic mass is 10.0. The summed E-state index contributed by atoms with van der Waals surface area (Å²) in [6.45, 7) is 0.513. The molecule has 3 aromatic heterocycles. The Morgan fingerprint density at radius 2 is 1.88 bits per heavy atom. The van der Waals surface area contributed by atoms with Crippen LogP contribution in [0.25, 0.3) is 43.8 Å². The Hall–Kier alpha value is -3.59. The van der Waals surface area contributed by atoms with E-state index in [1.54, 1.807) is 4.57 Å². The molecular formula is C23H14F3N3O2S. The molecule has 0 saturated carbocycles. The quantitative estimate of drug-likeness (QED) is 0.372. The Bertz CT molecular complexity index is 1560. The highest BCUT2D eigenvalue weighted by atomic mass is 32.1. The average Bonchev–Trinajstić information content (AvgIpc) is 3.35. The molecule has 4 heterocycles. The van der Waals surface area contributed by atoms with E-state index in [4.69, 9.17) is 4.98 Å². The summed E-state index contributed by atoms with van der Waals surface area (Å²) >= 11 is 1.34. The average molecular weight is 453 g/mol. The Morgan fingerprint density at radius 1 is 1.09 bits per heavy atom. The van der Waals surface area contributed by atoms with E-state index in [1.807, 2.05) is 23.6 Å². The summed E-state index contributed by atoms with van der Waals surface area (Å²) in [5, 5.41) is 3.43. The van der Waals surface area contributed by atoms with Crippen molar-refractivity contribution >= 4 is 32.5 Å². The molecule has 0 atom stereocenters. The number of para-hydroxylation sites is 1. The molecule has 0 spiro atoms. The molecular weight excluding hydrogens is 439 g/mol. The van der Waals surface area contributed by atoms with Gasteiger partial charge in [0.25, 0.3) is 5.56 Å². The number of alkyl halides is 3. The van der Waals surface area contributed by atoms with E-state index in [1.165, 1.54) is 35.6 Å². The van der Waals surface area contributed by atoms with E-state index in [2.05, 4.69) is 15.8 Å². The molecule has 6 rings (SSSR count). The number of hydrogen-bond donors (Lipinski definition) is 1. The number of aromatic amines is 1. The van der Waals surface area contributed by atoms with Crippen LogP contribution in [0.3, 0.4) is 0 Å². The largest absolute Gasteiger partial charge is 0.573 e. The number of benzene rings is 2. The van der Waals surface area contributed by atoms with Gasteiger partial charge in [0, 0.05) is 28.4 Å². The maximum Gasteiger partial charge on any atom is 0.573 e. The Labute approximate surface area is 182 Å². The summed E-state index contributed by atoms with van der Waals surface area (Å²) in [4.78, 5) is 22.3. The number of rotatable bonds is 2. The predicted octanol–water partition coefficient (Wildman–Crippen LogP) is 5.73. The molecule has 0 bridgehead atoms. The molecule has 0 fully saturated rings. The van der Waals surface area contributed by atoms with Gasteiger partial charge in [-0.15, -0.1) is 24.5 Å². The molecule has 0 saturated heterocycles. The molecule has 9 heteroatoms. The minimum absolute atomic E-state index is 0.152. The first kappa shape index (κ1) is 19.1. The van der Waals surface area contributed by atoms with Crippen LogP contribution in [0.15, 0.2) is 58.7 Å². The fraction of sp³-hybridized carbons (Fsp3) is 0.130. The number of halogens is 3. The van der Waals surface area contributed by atoms with Crippen molar-refractivity contribution in [3.8, 4) is 28.4 Å². The Kier molecular flexibility index (Phi) is 4.00. The number of fused-ring (bicyclic) bond motifs is 6. The van der Waals surface area contributed by atoms with Crippen LogP contribution in [-0.2, 0) is 13.0 Å². The van der Waals surface area contributed by atoms with E-state index < -0.39 is 6.36 Å². The Morgan fingerprint density at radius 3 is 2.66 bits per heavy atom. The lowest BCUT2D eigenvalue weighted by molar-refractivity contribution is -0.274. The van der Waals surface area contributed by atoms with Crippen LogP contribution in [0.4, 0.5) is 13.2 Å². The van der Waals surface area contributed by atoms with Gasteiger partial charge >= 0.3 is 6.36 Å². The first-order valence-electron chi connectivity index (χ1n) is 9.87. The van der Waals surface area contributed by atoms with Crippen LogP contribution in [0.5, 0.6) is 5.75 Å². The van der Waals surface area contributed by atoms with E-state index in [0.717, 1.165) is 22.2 Å². The number of ether oxygens (including phenoxy) is 1. The summed E-state index contributed by atoms with van der Waals surface area (Å²) in [5.41, 5.74) is 4.16. The molecule has 5 aromatic rings. The van der Waals surface area contributed by atoms with Crippen LogP contribution >= 0.6 is 11.3 Å². The van der Waals surface area contributed by atoms with Crippen molar-refractivity contribution in [2.45, 2.75) is 19.3 Å².